The van der Waals surface area contributed by atoms with E-state index in [0.29, 0.717) is 17.8 Å². The SMILES string of the molecule is COC(=O)c1c(C(=O)CN2C(=O)N[C@@]3(CCCC[C@@H]3C)C2=O)c(C)n(C2CC2)c1C. The number of Topliss-reactive ketones (excluding diaryl/α,β-unsaturated/α-hetero) is 1. The van der Waals surface area contributed by atoms with E-state index in [0.717, 1.165) is 37.0 Å². The Bertz CT molecular complexity index is 945. The van der Waals surface area contributed by atoms with E-state index < -0.39 is 23.3 Å². The van der Waals surface area contributed by atoms with E-state index in [4.69, 9.17) is 4.74 Å². The Morgan fingerprint density at radius 1 is 1.10 bits per heavy atom. The zero-order valence-electron chi connectivity index (χ0n) is 18.0. The first-order chi connectivity index (χ1) is 14.2. The fraction of sp³-hybridized carbons (Fsp3) is 0.636. The van der Waals surface area contributed by atoms with Crippen molar-refractivity contribution in [2.45, 2.75) is 70.9 Å². The third kappa shape index (κ3) is 2.96. The number of ether oxygens (including phenoxy) is 1. The highest BCUT2D eigenvalue weighted by Gasteiger charge is 2.55. The van der Waals surface area contributed by atoms with E-state index in [-0.39, 0.29) is 35.5 Å². The zero-order valence-corrected chi connectivity index (χ0v) is 18.0. The average Bonchev–Trinajstić information content (AvgIpc) is 3.47. The first-order valence-electron chi connectivity index (χ1n) is 10.7. The van der Waals surface area contributed by atoms with Gasteiger partial charge in [-0.05, 0) is 45.4 Å². The van der Waals surface area contributed by atoms with Crippen molar-refractivity contribution in [1.29, 1.82) is 0 Å². The van der Waals surface area contributed by atoms with Gasteiger partial charge in [0.1, 0.15) is 5.54 Å². The number of imide groups is 1. The standard InChI is InChI=1S/C22H29N3O5/c1-12-7-5-6-10-22(12)20(28)24(21(29)23-22)11-16(26)17-13(2)25(15-8-9-15)14(3)18(17)19(27)30-4/h12,15H,5-11H2,1-4H3,(H,23,29)/t12-,22+/m0/s1. The molecule has 4 rings (SSSR count). The first kappa shape index (κ1) is 20.6. The number of hydrogen-bond acceptors (Lipinski definition) is 5. The van der Waals surface area contributed by atoms with Gasteiger partial charge in [-0.15, -0.1) is 0 Å². The number of amides is 3. The van der Waals surface area contributed by atoms with Crippen molar-refractivity contribution in [3.8, 4) is 0 Å². The number of esters is 1. The number of nitrogens with zero attached hydrogens (tertiary/aromatic N) is 2. The highest BCUT2D eigenvalue weighted by Crippen LogP contribution is 2.41. The maximum absolute atomic E-state index is 13.3. The number of aromatic nitrogens is 1. The van der Waals surface area contributed by atoms with Crippen molar-refractivity contribution >= 4 is 23.7 Å². The second kappa shape index (κ2) is 7.25. The molecular weight excluding hydrogens is 386 g/mol. The Kier molecular flexibility index (Phi) is 4.98. The third-order valence-corrected chi connectivity index (χ3v) is 7.08. The predicted octanol–water partition coefficient (Wildman–Crippen LogP) is 2.91. The number of methoxy groups -OCH3 is 1. The lowest BCUT2D eigenvalue weighted by Crippen LogP contribution is -2.54. The molecule has 1 aromatic rings. The molecule has 1 aromatic heterocycles. The summed E-state index contributed by atoms with van der Waals surface area (Å²) in [5, 5.41) is 2.87. The van der Waals surface area contributed by atoms with Crippen LogP contribution in [-0.4, -0.2) is 52.4 Å². The summed E-state index contributed by atoms with van der Waals surface area (Å²) in [4.78, 5) is 52.7. The molecule has 3 aliphatic rings. The number of carbonyl (C=O) groups excluding carboxylic acids is 4. The maximum Gasteiger partial charge on any atom is 0.340 e. The topological polar surface area (TPSA) is 97.7 Å². The normalized spacial score (nSPS) is 26.3. The molecule has 0 unspecified atom stereocenters. The van der Waals surface area contributed by atoms with Crippen molar-refractivity contribution in [1.82, 2.24) is 14.8 Å². The fourth-order valence-electron chi connectivity index (χ4n) is 5.29. The minimum Gasteiger partial charge on any atom is -0.465 e. The Balaban J connectivity index is 1.66. The van der Waals surface area contributed by atoms with Gasteiger partial charge in [-0.1, -0.05) is 19.8 Å². The van der Waals surface area contributed by atoms with Crippen LogP contribution < -0.4 is 5.32 Å². The summed E-state index contributed by atoms with van der Waals surface area (Å²) in [6.45, 7) is 5.21. The van der Waals surface area contributed by atoms with Gasteiger partial charge in [0.2, 0.25) is 0 Å². The summed E-state index contributed by atoms with van der Waals surface area (Å²) in [5.74, 6) is -1.30. The van der Waals surface area contributed by atoms with E-state index in [1.807, 2.05) is 18.4 Å². The monoisotopic (exact) mass is 415 g/mol. The van der Waals surface area contributed by atoms with Crippen molar-refractivity contribution in [3.63, 3.8) is 0 Å². The summed E-state index contributed by atoms with van der Waals surface area (Å²) in [7, 11) is 1.28. The van der Waals surface area contributed by atoms with E-state index >= 15 is 0 Å². The molecule has 0 radical (unpaired) electrons. The minimum absolute atomic E-state index is 0.0216. The van der Waals surface area contributed by atoms with Gasteiger partial charge >= 0.3 is 12.0 Å². The maximum atomic E-state index is 13.3. The second-order valence-electron chi connectivity index (χ2n) is 8.88. The summed E-state index contributed by atoms with van der Waals surface area (Å²) >= 11 is 0. The number of ketones is 1. The molecule has 1 spiro atoms. The van der Waals surface area contributed by atoms with Crippen LogP contribution in [0.2, 0.25) is 0 Å². The van der Waals surface area contributed by atoms with Gasteiger partial charge in [-0.2, -0.15) is 0 Å². The molecule has 2 heterocycles. The van der Waals surface area contributed by atoms with Gasteiger partial charge in [0.25, 0.3) is 5.91 Å². The highest BCUT2D eigenvalue weighted by molar-refractivity contribution is 6.14. The molecule has 162 valence electrons. The molecule has 3 fully saturated rings. The lowest BCUT2D eigenvalue weighted by Gasteiger charge is -2.36. The van der Waals surface area contributed by atoms with Gasteiger partial charge in [-0.25, -0.2) is 9.59 Å². The summed E-state index contributed by atoms with van der Waals surface area (Å²) in [5.41, 5.74) is 0.961. The lowest BCUT2D eigenvalue weighted by atomic mass is 9.73. The van der Waals surface area contributed by atoms with Gasteiger partial charge in [0.15, 0.2) is 5.78 Å². The van der Waals surface area contributed by atoms with Crippen LogP contribution in [0, 0.1) is 19.8 Å². The van der Waals surface area contributed by atoms with Crippen LogP contribution in [0.5, 0.6) is 0 Å². The minimum atomic E-state index is -0.911. The largest absolute Gasteiger partial charge is 0.465 e. The van der Waals surface area contributed by atoms with Crippen LogP contribution >= 0.6 is 0 Å². The van der Waals surface area contributed by atoms with Crippen LogP contribution in [-0.2, 0) is 9.53 Å². The Morgan fingerprint density at radius 3 is 2.37 bits per heavy atom. The quantitative estimate of drug-likeness (QED) is 0.453. The average molecular weight is 415 g/mol. The molecular formula is C22H29N3O5. The molecule has 1 N–H and O–H groups in total. The lowest BCUT2D eigenvalue weighted by molar-refractivity contribution is -0.133. The van der Waals surface area contributed by atoms with Crippen LogP contribution in [0.1, 0.15) is 83.6 Å². The predicted molar refractivity (Wildman–Crippen MR) is 108 cm³/mol. The molecule has 2 saturated carbocycles. The first-order valence-corrected chi connectivity index (χ1v) is 10.7. The van der Waals surface area contributed by atoms with E-state index in [1.54, 1.807) is 6.92 Å². The molecule has 1 aliphatic heterocycles. The summed E-state index contributed by atoms with van der Waals surface area (Å²) in [6, 6.07) is -0.254. The van der Waals surface area contributed by atoms with Gasteiger partial charge < -0.3 is 14.6 Å². The van der Waals surface area contributed by atoms with Crippen LogP contribution in [0.4, 0.5) is 4.79 Å². The molecule has 30 heavy (non-hydrogen) atoms. The molecule has 8 nitrogen and oxygen atoms in total. The van der Waals surface area contributed by atoms with E-state index in [2.05, 4.69) is 5.32 Å². The number of nitrogens with one attached hydrogen (secondary N) is 1. The van der Waals surface area contributed by atoms with Crippen molar-refractivity contribution in [3.05, 3.63) is 22.5 Å². The van der Waals surface area contributed by atoms with E-state index in [9.17, 15) is 19.2 Å². The number of rotatable bonds is 5. The molecule has 1 saturated heterocycles. The molecule has 2 aliphatic carbocycles. The van der Waals surface area contributed by atoms with Gasteiger partial charge in [0, 0.05) is 17.4 Å². The second-order valence-corrected chi connectivity index (χ2v) is 8.88. The summed E-state index contributed by atoms with van der Waals surface area (Å²) in [6.07, 6.45) is 5.35. The van der Waals surface area contributed by atoms with Gasteiger partial charge in [0.05, 0.1) is 24.8 Å². The van der Waals surface area contributed by atoms with Crippen molar-refractivity contribution in [2.75, 3.05) is 13.7 Å². The molecule has 2 atom stereocenters. The van der Waals surface area contributed by atoms with Crippen LogP contribution in [0.3, 0.4) is 0 Å². The van der Waals surface area contributed by atoms with Crippen molar-refractivity contribution in [2.24, 2.45) is 5.92 Å². The smallest absolute Gasteiger partial charge is 0.340 e. The fourth-order valence-corrected chi connectivity index (χ4v) is 5.29. The molecule has 0 bridgehead atoms. The van der Waals surface area contributed by atoms with Crippen LogP contribution in [0.15, 0.2) is 0 Å². The van der Waals surface area contributed by atoms with Crippen LogP contribution in [0.25, 0.3) is 0 Å². The number of carbonyl (C=O) groups is 4. The van der Waals surface area contributed by atoms with Crippen molar-refractivity contribution < 1.29 is 23.9 Å². The Hall–Kier alpha value is -2.64. The molecule has 3 amide bonds. The molecule has 0 aromatic carbocycles. The van der Waals surface area contributed by atoms with Gasteiger partial charge in [-0.3, -0.25) is 14.5 Å². The third-order valence-electron chi connectivity index (χ3n) is 7.08. The van der Waals surface area contributed by atoms with E-state index in [1.165, 1.54) is 7.11 Å². The highest BCUT2D eigenvalue weighted by atomic mass is 16.5. The number of urea groups is 1. The Labute approximate surface area is 175 Å². The number of hydrogen-bond donors (Lipinski definition) is 1. The zero-order chi connectivity index (χ0) is 21.8. The summed E-state index contributed by atoms with van der Waals surface area (Å²) < 4.78 is 6.94. The Morgan fingerprint density at radius 2 is 1.77 bits per heavy atom. The molecule has 8 heteroatoms.